The van der Waals surface area contributed by atoms with Crippen LogP contribution in [0, 0.1) is 5.92 Å². The maximum absolute atomic E-state index is 12.1. The molecule has 1 N–H and O–H groups in total. The van der Waals surface area contributed by atoms with Crippen molar-refractivity contribution in [2.45, 2.75) is 13.0 Å². The molecule has 5 nitrogen and oxygen atoms in total. The molecule has 5 heteroatoms. The number of pyridine rings is 1. The van der Waals surface area contributed by atoms with Crippen LogP contribution in [0.25, 0.3) is 0 Å². The highest BCUT2D eigenvalue weighted by molar-refractivity contribution is 5.97. The molecule has 2 unspecified atom stereocenters. The van der Waals surface area contributed by atoms with Crippen molar-refractivity contribution in [2.24, 2.45) is 5.92 Å². The third-order valence-corrected chi connectivity index (χ3v) is 3.44. The summed E-state index contributed by atoms with van der Waals surface area (Å²) in [7, 11) is 0. The van der Waals surface area contributed by atoms with Gasteiger partial charge in [-0.15, -0.1) is 0 Å². The Kier molecular flexibility index (Phi) is 2.48. The van der Waals surface area contributed by atoms with Crippen LogP contribution >= 0.6 is 0 Å². The van der Waals surface area contributed by atoms with E-state index in [0.717, 1.165) is 18.1 Å². The van der Waals surface area contributed by atoms with Gasteiger partial charge in [0.2, 0.25) is 5.91 Å². The zero-order valence-corrected chi connectivity index (χ0v) is 9.72. The number of carbonyl (C=O) groups excluding carboxylic acids is 1. The molecule has 0 bridgehead atoms. The molecule has 0 spiro atoms. The predicted molar refractivity (Wildman–Crippen MR) is 64.0 cm³/mol. The minimum Gasteiger partial charge on any atom is -0.378 e. The van der Waals surface area contributed by atoms with Crippen LogP contribution in [-0.2, 0) is 9.53 Å². The second-order valence-electron chi connectivity index (χ2n) is 4.36. The Bertz CT molecular complexity index is 449. The molecule has 17 heavy (non-hydrogen) atoms. The Hall–Kier alpha value is -1.62. The highest BCUT2D eigenvalue weighted by Gasteiger charge is 2.41. The van der Waals surface area contributed by atoms with E-state index < -0.39 is 0 Å². The Labute approximate surface area is 99.8 Å². The summed E-state index contributed by atoms with van der Waals surface area (Å²) >= 11 is 0. The number of ether oxygens (including phenoxy) is 1. The van der Waals surface area contributed by atoms with E-state index in [1.54, 1.807) is 6.20 Å². The lowest BCUT2D eigenvalue weighted by molar-refractivity contribution is -0.120. The van der Waals surface area contributed by atoms with Crippen molar-refractivity contribution in [3.05, 3.63) is 18.3 Å². The summed E-state index contributed by atoms with van der Waals surface area (Å²) in [6.45, 7) is 4.00. The summed E-state index contributed by atoms with van der Waals surface area (Å²) in [5, 5.41) is 2.94. The van der Waals surface area contributed by atoms with E-state index in [4.69, 9.17) is 4.74 Å². The highest BCUT2D eigenvalue weighted by atomic mass is 16.5. The van der Waals surface area contributed by atoms with Gasteiger partial charge in [0.05, 0.1) is 30.9 Å². The van der Waals surface area contributed by atoms with Crippen molar-refractivity contribution in [2.75, 3.05) is 30.0 Å². The summed E-state index contributed by atoms with van der Waals surface area (Å²) in [5.41, 5.74) is 0.800. The summed E-state index contributed by atoms with van der Waals surface area (Å²) in [6.07, 6.45) is 1.75. The van der Waals surface area contributed by atoms with Crippen molar-refractivity contribution in [3.63, 3.8) is 0 Å². The average molecular weight is 233 g/mol. The SMILES string of the molecule is CCN1c2ncccc2NC(=O)C2COCC21. The number of nitrogens with zero attached hydrogens (tertiary/aromatic N) is 2. The van der Waals surface area contributed by atoms with E-state index in [1.165, 1.54) is 0 Å². The van der Waals surface area contributed by atoms with E-state index in [0.29, 0.717) is 13.2 Å². The quantitative estimate of drug-likeness (QED) is 0.782. The number of likely N-dealkylation sites (N-methyl/N-ethyl adjacent to an activating group) is 1. The van der Waals surface area contributed by atoms with E-state index in [1.807, 2.05) is 12.1 Å². The second-order valence-corrected chi connectivity index (χ2v) is 4.36. The fourth-order valence-electron chi connectivity index (χ4n) is 2.59. The van der Waals surface area contributed by atoms with Crippen LogP contribution in [0.15, 0.2) is 18.3 Å². The molecule has 2 aliphatic rings. The summed E-state index contributed by atoms with van der Waals surface area (Å²) in [6, 6.07) is 3.84. The standard InChI is InChI=1S/C12H15N3O2/c1-2-15-10-7-17-6-8(10)12(16)14-9-4-3-5-13-11(9)15/h3-5,8,10H,2,6-7H2,1H3,(H,14,16). The van der Waals surface area contributed by atoms with Gasteiger partial charge >= 0.3 is 0 Å². The minimum atomic E-state index is -0.0934. The van der Waals surface area contributed by atoms with Gasteiger partial charge in [-0.3, -0.25) is 4.79 Å². The number of hydrogen-bond donors (Lipinski definition) is 1. The monoisotopic (exact) mass is 233 g/mol. The van der Waals surface area contributed by atoms with E-state index in [9.17, 15) is 4.79 Å². The summed E-state index contributed by atoms with van der Waals surface area (Å²) in [5.74, 6) is 0.795. The van der Waals surface area contributed by atoms with Crippen molar-refractivity contribution in [3.8, 4) is 0 Å². The Morgan fingerprint density at radius 2 is 2.47 bits per heavy atom. The molecule has 0 aromatic carbocycles. The van der Waals surface area contributed by atoms with Crippen molar-refractivity contribution < 1.29 is 9.53 Å². The molecule has 1 amide bonds. The van der Waals surface area contributed by atoms with Gasteiger partial charge in [0.25, 0.3) is 0 Å². The number of rotatable bonds is 1. The van der Waals surface area contributed by atoms with Crippen molar-refractivity contribution in [1.82, 2.24) is 4.98 Å². The molecule has 3 rings (SSSR count). The van der Waals surface area contributed by atoms with Crippen LogP contribution in [0.1, 0.15) is 6.92 Å². The smallest absolute Gasteiger partial charge is 0.232 e. The van der Waals surface area contributed by atoms with Crippen molar-refractivity contribution in [1.29, 1.82) is 0 Å². The largest absolute Gasteiger partial charge is 0.378 e. The summed E-state index contributed by atoms with van der Waals surface area (Å²) in [4.78, 5) is 18.6. The second kappa shape index (κ2) is 4.00. The molecule has 3 heterocycles. The number of carbonyl (C=O) groups is 1. The van der Waals surface area contributed by atoms with Crippen LogP contribution < -0.4 is 10.2 Å². The number of aromatic nitrogens is 1. The van der Waals surface area contributed by atoms with Crippen LogP contribution in [0.5, 0.6) is 0 Å². The van der Waals surface area contributed by atoms with Gasteiger partial charge in [-0.25, -0.2) is 4.98 Å². The van der Waals surface area contributed by atoms with Gasteiger partial charge < -0.3 is 15.0 Å². The normalized spacial score (nSPS) is 27.1. The molecule has 1 aromatic heterocycles. The van der Waals surface area contributed by atoms with Crippen LogP contribution in [0.2, 0.25) is 0 Å². The van der Waals surface area contributed by atoms with Crippen molar-refractivity contribution >= 4 is 17.4 Å². The lowest BCUT2D eigenvalue weighted by atomic mass is 10.0. The third kappa shape index (κ3) is 1.58. The first-order chi connectivity index (χ1) is 8.31. The van der Waals surface area contributed by atoms with E-state index in [2.05, 4.69) is 22.1 Å². The van der Waals surface area contributed by atoms with Gasteiger partial charge in [0, 0.05) is 12.7 Å². The van der Waals surface area contributed by atoms with E-state index >= 15 is 0 Å². The van der Waals surface area contributed by atoms with Crippen LogP contribution in [-0.4, -0.2) is 36.7 Å². The first-order valence-electron chi connectivity index (χ1n) is 5.91. The minimum absolute atomic E-state index is 0.0395. The molecule has 1 saturated heterocycles. The molecule has 1 aromatic rings. The molecule has 0 radical (unpaired) electrons. The lowest BCUT2D eigenvalue weighted by Gasteiger charge is -2.28. The topological polar surface area (TPSA) is 54.5 Å². The van der Waals surface area contributed by atoms with Gasteiger partial charge in [-0.2, -0.15) is 0 Å². The molecule has 90 valence electrons. The number of anilines is 2. The predicted octanol–water partition coefficient (Wildman–Crippen LogP) is 0.875. The molecule has 0 aliphatic carbocycles. The molecule has 2 aliphatic heterocycles. The average Bonchev–Trinajstić information content (AvgIpc) is 2.77. The number of amides is 1. The zero-order chi connectivity index (χ0) is 11.8. The number of fused-ring (bicyclic) bond motifs is 2. The maximum atomic E-state index is 12.1. The van der Waals surface area contributed by atoms with Crippen LogP contribution in [0.3, 0.4) is 0 Å². The van der Waals surface area contributed by atoms with Gasteiger partial charge in [-0.05, 0) is 19.1 Å². The first kappa shape index (κ1) is 10.5. The van der Waals surface area contributed by atoms with Gasteiger partial charge in [-0.1, -0.05) is 0 Å². The number of nitrogens with one attached hydrogen (secondary N) is 1. The molecule has 2 atom stereocenters. The molecular weight excluding hydrogens is 218 g/mol. The zero-order valence-electron chi connectivity index (χ0n) is 9.72. The van der Waals surface area contributed by atoms with E-state index in [-0.39, 0.29) is 17.9 Å². The lowest BCUT2D eigenvalue weighted by Crippen LogP contribution is -2.42. The van der Waals surface area contributed by atoms with Crippen LogP contribution in [0.4, 0.5) is 11.5 Å². The number of hydrogen-bond acceptors (Lipinski definition) is 4. The molecule has 0 saturated carbocycles. The first-order valence-corrected chi connectivity index (χ1v) is 5.91. The maximum Gasteiger partial charge on any atom is 0.232 e. The summed E-state index contributed by atoms with van der Waals surface area (Å²) < 4.78 is 5.43. The Morgan fingerprint density at radius 3 is 3.29 bits per heavy atom. The Morgan fingerprint density at radius 1 is 1.59 bits per heavy atom. The molecular formula is C12H15N3O2. The fourth-order valence-corrected chi connectivity index (χ4v) is 2.59. The van der Waals surface area contributed by atoms with Gasteiger partial charge in [0.1, 0.15) is 0 Å². The fraction of sp³-hybridized carbons (Fsp3) is 0.500. The third-order valence-electron chi connectivity index (χ3n) is 3.44. The highest BCUT2D eigenvalue weighted by Crippen LogP contribution is 2.33. The van der Waals surface area contributed by atoms with Gasteiger partial charge in [0.15, 0.2) is 5.82 Å². The molecule has 1 fully saturated rings. The Balaban J connectivity index is 2.08.